The van der Waals surface area contributed by atoms with Gasteiger partial charge in [0, 0.05) is 62.5 Å². The van der Waals surface area contributed by atoms with Crippen molar-refractivity contribution in [2.45, 2.75) is 44.7 Å². The number of aromatic nitrogens is 4. The van der Waals surface area contributed by atoms with Gasteiger partial charge >= 0.3 is 0 Å². The summed E-state index contributed by atoms with van der Waals surface area (Å²) in [6, 6.07) is 0.241. The molecule has 0 unspecified atom stereocenters. The van der Waals surface area contributed by atoms with Crippen molar-refractivity contribution in [3.63, 3.8) is 0 Å². The van der Waals surface area contributed by atoms with E-state index in [1.807, 2.05) is 16.7 Å². The summed E-state index contributed by atoms with van der Waals surface area (Å²) in [6.07, 6.45) is 4.31. The Kier molecular flexibility index (Phi) is 4.68. The number of piperazine rings is 1. The molecule has 2 fully saturated rings. The van der Waals surface area contributed by atoms with E-state index < -0.39 is 5.92 Å². The topological polar surface area (TPSA) is 79.2 Å². The van der Waals surface area contributed by atoms with E-state index in [0.29, 0.717) is 35.9 Å². The summed E-state index contributed by atoms with van der Waals surface area (Å²) < 4.78 is 30.6. The van der Waals surface area contributed by atoms with Crippen LogP contribution in [0, 0.1) is 0 Å². The van der Waals surface area contributed by atoms with Gasteiger partial charge in [-0.05, 0) is 19.8 Å². The molecule has 2 aliphatic heterocycles. The number of carbonyl (C=O) groups is 1. The number of halogens is 2. The van der Waals surface area contributed by atoms with Crippen molar-refractivity contribution in [2.24, 2.45) is 0 Å². The second-order valence-electron chi connectivity index (χ2n) is 8.29. The molecule has 1 atom stereocenters. The summed E-state index contributed by atoms with van der Waals surface area (Å²) in [4.78, 5) is 25.2. The van der Waals surface area contributed by atoms with Crippen molar-refractivity contribution in [2.75, 3.05) is 37.6 Å². The largest absolute Gasteiger partial charge is 0.339 e. The minimum atomic E-state index is -2.94. The second-order valence-corrected chi connectivity index (χ2v) is 8.29. The first-order chi connectivity index (χ1) is 14.4. The predicted molar refractivity (Wildman–Crippen MR) is 106 cm³/mol. The third-order valence-electron chi connectivity index (χ3n) is 6.28. The van der Waals surface area contributed by atoms with Crippen LogP contribution < -0.4 is 10.2 Å². The zero-order chi connectivity index (χ0) is 20.9. The van der Waals surface area contributed by atoms with Crippen molar-refractivity contribution in [1.29, 1.82) is 0 Å². The van der Waals surface area contributed by atoms with Crippen LogP contribution in [-0.2, 0) is 23.7 Å². The van der Waals surface area contributed by atoms with Gasteiger partial charge in [-0.25, -0.2) is 9.97 Å². The molecule has 1 N–H and O–H groups in total. The highest BCUT2D eigenvalue weighted by molar-refractivity contribution is 5.76. The second kappa shape index (κ2) is 7.26. The Balaban J connectivity index is 1.45. The molecule has 1 aliphatic carbocycles. The predicted octanol–water partition coefficient (Wildman–Crippen LogP) is 1.41. The number of anilines is 1. The van der Waals surface area contributed by atoms with E-state index in [9.17, 15) is 13.6 Å². The molecule has 0 bridgehead atoms. The fourth-order valence-corrected chi connectivity index (χ4v) is 4.32. The number of fused-ring (bicyclic) bond motifs is 1. The first kappa shape index (κ1) is 19.3. The molecule has 10 heteroatoms. The molecule has 0 aromatic carbocycles. The Labute approximate surface area is 173 Å². The molecule has 160 valence electrons. The fraction of sp³-hybridized carbons (Fsp3) is 0.600. The van der Waals surface area contributed by atoms with Crippen molar-refractivity contribution in [3.05, 3.63) is 23.7 Å². The third-order valence-corrected chi connectivity index (χ3v) is 6.28. The van der Waals surface area contributed by atoms with Crippen LogP contribution in [0.5, 0.6) is 0 Å². The summed E-state index contributed by atoms with van der Waals surface area (Å²) in [5.74, 6) is -2.58. The SMILES string of the molecule is C[C@H]1CCN1c1nc(-c2cnn(CC(=O)N3CCNCC3)c2)c2c(n1)C(F)(F)CC2. The number of nitrogens with one attached hydrogen (secondary N) is 1. The molecular weight excluding hydrogens is 392 g/mol. The Hall–Kier alpha value is -2.62. The van der Waals surface area contributed by atoms with Crippen molar-refractivity contribution in [1.82, 2.24) is 30.0 Å². The molecule has 2 saturated heterocycles. The first-order valence-corrected chi connectivity index (χ1v) is 10.5. The molecule has 3 aliphatic rings. The number of rotatable bonds is 4. The van der Waals surface area contributed by atoms with E-state index in [0.717, 1.165) is 26.1 Å². The fourth-order valence-electron chi connectivity index (χ4n) is 4.32. The highest BCUT2D eigenvalue weighted by Crippen LogP contribution is 2.44. The van der Waals surface area contributed by atoms with E-state index >= 15 is 0 Å². The lowest BCUT2D eigenvalue weighted by molar-refractivity contribution is -0.132. The standard InChI is InChI=1S/C20H25F2N7O/c1-13-3-7-29(13)19-25-17(15-2-4-20(21,22)18(15)26-19)14-10-24-28(11-14)12-16(30)27-8-5-23-6-9-27/h10-11,13,23H,2-9,12H2,1H3/t13-/m0/s1. The van der Waals surface area contributed by atoms with Gasteiger partial charge < -0.3 is 15.1 Å². The van der Waals surface area contributed by atoms with Crippen molar-refractivity contribution >= 4 is 11.9 Å². The van der Waals surface area contributed by atoms with Gasteiger partial charge in [-0.1, -0.05) is 0 Å². The van der Waals surface area contributed by atoms with E-state index in [1.165, 1.54) is 0 Å². The summed E-state index contributed by atoms with van der Waals surface area (Å²) in [7, 11) is 0. The maximum Gasteiger partial charge on any atom is 0.290 e. The average Bonchev–Trinajstić information content (AvgIpc) is 3.31. The van der Waals surface area contributed by atoms with Crippen LogP contribution in [0.25, 0.3) is 11.3 Å². The monoisotopic (exact) mass is 417 g/mol. The lowest BCUT2D eigenvalue weighted by Crippen LogP contribution is -2.47. The van der Waals surface area contributed by atoms with Gasteiger partial charge in [0.25, 0.3) is 5.92 Å². The first-order valence-electron chi connectivity index (χ1n) is 10.5. The number of carbonyl (C=O) groups excluding carboxylic acids is 1. The number of alkyl halides is 2. The molecule has 1 amide bonds. The number of amides is 1. The molecule has 0 spiro atoms. The van der Waals surface area contributed by atoms with Gasteiger partial charge in [-0.3, -0.25) is 9.48 Å². The van der Waals surface area contributed by atoms with E-state index in [4.69, 9.17) is 0 Å². The van der Waals surface area contributed by atoms with E-state index in [-0.39, 0.29) is 37.0 Å². The van der Waals surface area contributed by atoms with Crippen LogP contribution in [0.1, 0.15) is 31.0 Å². The minimum absolute atomic E-state index is 0.000641. The van der Waals surface area contributed by atoms with E-state index in [1.54, 1.807) is 17.1 Å². The highest BCUT2D eigenvalue weighted by Gasteiger charge is 2.44. The molecule has 8 nitrogen and oxygen atoms in total. The lowest BCUT2D eigenvalue weighted by atomic mass is 10.1. The Morgan fingerprint density at radius 1 is 1.27 bits per heavy atom. The van der Waals surface area contributed by atoms with Gasteiger partial charge in [-0.2, -0.15) is 13.9 Å². The van der Waals surface area contributed by atoms with Gasteiger partial charge in [0.1, 0.15) is 12.2 Å². The zero-order valence-corrected chi connectivity index (χ0v) is 16.9. The molecule has 2 aromatic rings. The van der Waals surface area contributed by atoms with Crippen LogP contribution in [0.15, 0.2) is 12.4 Å². The van der Waals surface area contributed by atoms with Gasteiger partial charge in [-0.15, -0.1) is 0 Å². The maximum absolute atomic E-state index is 14.5. The Morgan fingerprint density at radius 3 is 2.77 bits per heavy atom. The van der Waals surface area contributed by atoms with Crippen LogP contribution in [0.4, 0.5) is 14.7 Å². The van der Waals surface area contributed by atoms with Gasteiger partial charge in [0.15, 0.2) is 0 Å². The highest BCUT2D eigenvalue weighted by atomic mass is 19.3. The summed E-state index contributed by atoms with van der Waals surface area (Å²) >= 11 is 0. The normalized spacial score (nSPS) is 22.7. The molecule has 5 rings (SSSR count). The third kappa shape index (κ3) is 3.32. The molecule has 0 saturated carbocycles. The van der Waals surface area contributed by atoms with Crippen LogP contribution in [-0.4, -0.2) is 69.3 Å². The molecule has 30 heavy (non-hydrogen) atoms. The van der Waals surface area contributed by atoms with E-state index in [2.05, 4.69) is 20.4 Å². The summed E-state index contributed by atoms with van der Waals surface area (Å²) in [5, 5.41) is 7.53. The number of hydrogen-bond donors (Lipinski definition) is 1. The quantitative estimate of drug-likeness (QED) is 0.811. The van der Waals surface area contributed by atoms with Crippen LogP contribution >= 0.6 is 0 Å². The van der Waals surface area contributed by atoms with Crippen molar-refractivity contribution < 1.29 is 13.6 Å². The average molecular weight is 417 g/mol. The maximum atomic E-state index is 14.5. The Morgan fingerprint density at radius 2 is 2.07 bits per heavy atom. The zero-order valence-electron chi connectivity index (χ0n) is 16.9. The lowest BCUT2D eigenvalue weighted by Gasteiger charge is -2.39. The van der Waals surface area contributed by atoms with Crippen LogP contribution in [0.2, 0.25) is 0 Å². The summed E-state index contributed by atoms with van der Waals surface area (Å²) in [5.41, 5.74) is 1.48. The molecule has 4 heterocycles. The number of nitrogens with zero attached hydrogens (tertiary/aromatic N) is 6. The van der Waals surface area contributed by atoms with Gasteiger partial charge in [0.05, 0.1) is 11.9 Å². The smallest absolute Gasteiger partial charge is 0.290 e. The number of hydrogen-bond acceptors (Lipinski definition) is 6. The van der Waals surface area contributed by atoms with Crippen molar-refractivity contribution in [3.8, 4) is 11.3 Å². The molecule has 2 aromatic heterocycles. The molecule has 0 radical (unpaired) electrons. The summed E-state index contributed by atoms with van der Waals surface area (Å²) in [6.45, 7) is 5.86. The van der Waals surface area contributed by atoms with Crippen LogP contribution in [0.3, 0.4) is 0 Å². The van der Waals surface area contributed by atoms with Gasteiger partial charge in [0.2, 0.25) is 11.9 Å². The Bertz CT molecular complexity index is 970. The molecular formula is C20H25F2N7O. The minimum Gasteiger partial charge on any atom is -0.339 e.